The summed E-state index contributed by atoms with van der Waals surface area (Å²) in [6.45, 7) is -0.291. The molecule has 2 unspecified atom stereocenters. The third-order valence-electron chi connectivity index (χ3n) is 8.73. The van der Waals surface area contributed by atoms with Gasteiger partial charge in [0.15, 0.2) is 5.65 Å². The number of rotatable bonds is 10. The van der Waals surface area contributed by atoms with Gasteiger partial charge in [-0.1, -0.05) is 0 Å². The number of carbonyl (C=O) groups is 2. The fraction of sp³-hybridized carbons (Fsp3) is 0.615. The second-order valence-corrected chi connectivity index (χ2v) is 12.1. The van der Waals surface area contributed by atoms with Crippen LogP contribution in [0.15, 0.2) is 23.1 Å². The van der Waals surface area contributed by atoms with Crippen LogP contribution < -0.4 is 15.4 Å². The van der Waals surface area contributed by atoms with E-state index in [1.807, 2.05) is 5.32 Å². The molecule has 4 heterocycles. The van der Waals surface area contributed by atoms with E-state index in [1.165, 1.54) is 30.1 Å². The Hall–Kier alpha value is -3.76. The SMILES string of the molecule is [B]C1([B])NC(=O)N(C(COC2CC2)c2cnn3cc(C(NC(=O)c4nonc4OC)C4CCC(F)(F)CC4)nc3c2)C([B])([B])C1(F)F. The lowest BCUT2D eigenvalue weighted by Crippen LogP contribution is -2.83. The van der Waals surface area contributed by atoms with Gasteiger partial charge in [0.05, 0.1) is 81.4 Å². The highest BCUT2D eigenvalue weighted by atomic mass is 19.3. The number of nitrogens with one attached hydrogen (secondary N) is 2. The van der Waals surface area contributed by atoms with Crippen LogP contribution in [-0.2, 0) is 4.74 Å². The maximum atomic E-state index is 15.4. The highest BCUT2D eigenvalue weighted by Crippen LogP contribution is 2.44. The van der Waals surface area contributed by atoms with Crippen molar-refractivity contribution in [2.24, 2.45) is 5.92 Å². The highest BCUT2D eigenvalue weighted by Gasteiger charge is 2.64. The van der Waals surface area contributed by atoms with E-state index in [0.717, 1.165) is 12.8 Å². The van der Waals surface area contributed by atoms with Crippen molar-refractivity contribution in [3.05, 3.63) is 35.4 Å². The molecular formula is C26H26B4F4N8O5. The summed E-state index contributed by atoms with van der Waals surface area (Å²) in [5.41, 5.74) is 0.318. The summed E-state index contributed by atoms with van der Waals surface area (Å²) < 4.78 is 75.6. The third-order valence-corrected chi connectivity index (χ3v) is 8.73. The van der Waals surface area contributed by atoms with Gasteiger partial charge in [-0.2, -0.15) is 5.10 Å². The number of carbonyl (C=O) groups excluding carboxylic acids is 2. The smallest absolute Gasteiger partial charge is 0.316 e. The van der Waals surface area contributed by atoms with Crippen LogP contribution in [0.5, 0.6) is 5.88 Å². The molecule has 6 rings (SSSR count). The molecule has 0 spiro atoms. The summed E-state index contributed by atoms with van der Waals surface area (Å²) in [4.78, 5) is 31.5. The van der Waals surface area contributed by atoms with Crippen LogP contribution >= 0.6 is 0 Å². The Morgan fingerprint density at radius 2 is 1.85 bits per heavy atom. The second kappa shape index (κ2) is 11.7. The molecule has 2 aliphatic carbocycles. The van der Waals surface area contributed by atoms with Gasteiger partial charge in [-0.25, -0.2) is 36.5 Å². The molecule has 21 heteroatoms. The summed E-state index contributed by atoms with van der Waals surface area (Å²) >= 11 is 0. The predicted molar refractivity (Wildman–Crippen MR) is 156 cm³/mol. The topological polar surface area (TPSA) is 149 Å². The number of nitrogens with zero attached hydrogens (tertiary/aromatic N) is 6. The molecule has 3 amide bonds. The Morgan fingerprint density at radius 1 is 1.15 bits per heavy atom. The van der Waals surface area contributed by atoms with Gasteiger partial charge in [0.2, 0.25) is 11.6 Å². The van der Waals surface area contributed by atoms with Gasteiger partial charge in [-0.05, 0) is 48.0 Å². The van der Waals surface area contributed by atoms with E-state index in [0.29, 0.717) is 4.90 Å². The van der Waals surface area contributed by atoms with Crippen molar-refractivity contribution in [1.82, 2.24) is 40.4 Å². The van der Waals surface area contributed by atoms with Crippen LogP contribution in [0.4, 0.5) is 22.4 Å². The molecule has 3 aromatic heterocycles. The Kier molecular flexibility index (Phi) is 8.28. The standard InChI is InChI=1S/C26H26B4F4N8O5/c1-45-21-19(39-47-40-21)20(43)37-18(12-4-6-23(31,32)7-5-12)15-10-41-17(36-15)8-13(9-35-41)16(11-46-14-2-3-14)42-22(44)38-25(27,28)24(33,34)26(42,29)30/h8-10,12,14,16,18H,2-7,11H2,1H3,(H,37,43)(H,38,44). The van der Waals surface area contributed by atoms with Crippen LogP contribution in [0.3, 0.4) is 0 Å². The van der Waals surface area contributed by atoms with Gasteiger partial charge in [0, 0.05) is 29.1 Å². The molecule has 2 N–H and O–H groups in total. The number of ether oxygens (including phenoxy) is 2. The van der Waals surface area contributed by atoms with E-state index in [9.17, 15) is 18.4 Å². The van der Waals surface area contributed by atoms with E-state index in [-0.39, 0.29) is 54.0 Å². The molecular weight excluding hydrogens is 624 g/mol. The number of alkyl halides is 4. The Morgan fingerprint density at radius 3 is 2.51 bits per heavy atom. The Bertz CT molecular complexity index is 1660. The van der Waals surface area contributed by atoms with Gasteiger partial charge in [-0.3, -0.25) is 4.79 Å². The average molecular weight is 650 g/mol. The summed E-state index contributed by atoms with van der Waals surface area (Å²) in [7, 11) is 24.0. The van der Waals surface area contributed by atoms with Crippen molar-refractivity contribution < 1.29 is 41.3 Å². The molecule has 240 valence electrons. The molecule has 2 saturated carbocycles. The van der Waals surface area contributed by atoms with E-state index in [2.05, 4.69) is 30.3 Å². The highest BCUT2D eigenvalue weighted by molar-refractivity contribution is 6.48. The molecule has 3 aliphatic rings. The van der Waals surface area contributed by atoms with Crippen molar-refractivity contribution in [3.8, 4) is 5.88 Å². The number of hydrogen-bond donors (Lipinski definition) is 2. The monoisotopic (exact) mass is 650 g/mol. The zero-order valence-corrected chi connectivity index (χ0v) is 25.0. The van der Waals surface area contributed by atoms with Gasteiger partial charge in [0.1, 0.15) is 0 Å². The average Bonchev–Trinajstić information content (AvgIpc) is 3.52. The number of halogens is 4. The molecule has 1 aliphatic heterocycles. The summed E-state index contributed by atoms with van der Waals surface area (Å²) in [6.07, 6.45) is 3.43. The molecule has 0 aromatic carbocycles. The van der Waals surface area contributed by atoms with Gasteiger partial charge < -0.3 is 25.0 Å². The van der Waals surface area contributed by atoms with Crippen molar-refractivity contribution in [2.75, 3.05) is 13.7 Å². The first-order chi connectivity index (χ1) is 22.0. The predicted octanol–water partition coefficient (Wildman–Crippen LogP) is 1.28. The van der Waals surface area contributed by atoms with Gasteiger partial charge in [-0.15, -0.1) is 0 Å². The minimum Gasteiger partial charge on any atom is -0.477 e. The van der Waals surface area contributed by atoms with Crippen LogP contribution in [0.1, 0.15) is 72.4 Å². The molecule has 47 heavy (non-hydrogen) atoms. The third kappa shape index (κ3) is 6.06. The first kappa shape index (κ1) is 33.2. The lowest BCUT2D eigenvalue weighted by Gasteiger charge is -2.58. The minimum atomic E-state index is -4.23. The lowest BCUT2D eigenvalue weighted by atomic mass is 9.43. The van der Waals surface area contributed by atoms with Crippen LogP contribution in [0.2, 0.25) is 0 Å². The number of methoxy groups -OCH3 is 1. The second-order valence-electron chi connectivity index (χ2n) is 12.1. The van der Waals surface area contributed by atoms with Crippen LogP contribution in [0, 0.1) is 5.92 Å². The number of hydrogen-bond acceptors (Lipinski definition) is 9. The molecule has 2 atom stereocenters. The maximum absolute atomic E-state index is 15.4. The van der Waals surface area contributed by atoms with Crippen LogP contribution in [0.25, 0.3) is 5.65 Å². The number of imidazole rings is 1. The molecule has 3 aromatic rings. The first-order valence-electron chi connectivity index (χ1n) is 14.7. The van der Waals surface area contributed by atoms with Crippen LogP contribution in [-0.4, -0.2) is 115 Å². The molecule has 13 nitrogen and oxygen atoms in total. The normalized spacial score (nSPS) is 23.2. The van der Waals surface area contributed by atoms with Gasteiger partial charge >= 0.3 is 6.03 Å². The largest absolute Gasteiger partial charge is 0.477 e. The lowest BCUT2D eigenvalue weighted by molar-refractivity contribution is -0.109. The van der Waals surface area contributed by atoms with E-state index >= 15 is 8.78 Å². The van der Waals surface area contributed by atoms with Crippen molar-refractivity contribution >= 4 is 49.0 Å². The molecule has 3 fully saturated rings. The summed E-state index contributed by atoms with van der Waals surface area (Å²) in [5.74, 6) is -8.46. The number of aromatic nitrogens is 5. The Balaban J connectivity index is 1.35. The van der Waals surface area contributed by atoms with Crippen molar-refractivity contribution in [2.45, 2.75) is 79.2 Å². The quantitative estimate of drug-likeness (QED) is 0.245. The maximum Gasteiger partial charge on any atom is 0.316 e. The first-order valence-corrected chi connectivity index (χ1v) is 14.7. The van der Waals surface area contributed by atoms with E-state index < -0.39 is 65.3 Å². The Labute approximate surface area is 270 Å². The minimum absolute atomic E-state index is 0.0659. The fourth-order valence-corrected chi connectivity index (χ4v) is 5.88. The fourth-order valence-electron chi connectivity index (χ4n) is 5.88. The summed E-state index contributed by atoms with van der Waals surface area (Å²) in [6, 6.07) is -1.93. The molecule has 8 radical (unpaired) electrons. The summed E-state index contributed by atoms with van der Waals surface area (Å²) in [5, 5.41) is 9.83. The zero-order chi connectivity index (χ0) is 33.9. The number of urea groups is 1. The zero-order valence-electron chi connectivity index (χ0n) is 25.0. The van der Waals surface area contributed by atoms with E-state index in [1.54, 1.807) is 0 Å². The number of amides is 3. The van der Waals surface area contributed by atoms with E-state index in [4.69, 9.17) is 40.9 Å². The van der Waals surface area contributed by atoms with Crippen molar-refractivity contribution in [1.29, 1.82) is 0 Å². The number of fused-ring (bicyclic) bond motifs is 1. The molecule has 1 saturated heterocycles. The van der Waals surface area contributed by atoms with Crippen molar-refractivity contribution in [3.63, 3.8) is 0 Å². The molecule has 0 bridgehead atoms. The van der Waals surface area contributed by atoms with Gasteiger partial charge in [0.25, 0.3) is 17.7 Å².